The maximum absolute atomic E-state index is 11.6. The van der Waals surface area contributed by atoms with E-state index in [4.69, 9.17) is 0 Å². The minimum Gasteiger partial charge on any atom is -0.402 e. The van der Waals surface area contributed by atoms with E-state index >= 15 is 0 Å². The number of ether oxygens (including phenoxy) is 1. The smallest absolute Gasteiger partial charge is 0.402 e. The Hall–Kier alpha value is -1.66. The van der Waals surface area contributed by atoms with Crippen LogP contribution in [0.3, 0.4) is 0 Å². The van der Waals surface area contributed by atoms with Crippen LogP contribution in [0.2, 0.25) is 0 Å². The molecule has 0 bridgehead atoms. The maximum atomic E-state index is 11.6. The molecule has 1 aromatic heterocycles. The van der Waals surface area contributed by atoms with Crippen molar-refractivity contribution in [3.63, 3.8) is 0 Å². The van der Waals surface area contributed by atoms with Gasteiger partial charge in [-0.25, -0.2) is 15.0 Å². The van der Waals surface area contributed by atoms with Crippen molar-refractivity contribution in [2.75, 3.05) is 0 Å². The van der Waals surface area contributed by atoms with Crippen molar-refractivity contribution in [2.45, 2.75) is 6.36 Å². The molecule has 0 amide bonds. The van der Waals surface area contributed by atoms with Gasteiger partial charge in [-0.05, 0) is 6.72 Å². The molecule has 0 fully saturated rings. The third-order valence-electron chi connectivity index (χ3n) is 0.990. The Bertz CT molecular complexity index is 295. The summed E-state index contributed by atoms with van der Waals surface area (Å²) in [5.41, 5.74) is 0. The van der Waals surface area contributed by atoms with Gasteiger partial charge in [-0.2, -0.15) is 0 Å². The van der Waals surface area contributed by atoms with Gasteiger partial charge in [0.2, 0.25) is 5.95 Å². The van der Waals surface area contributed by atoms with Gasteiger partial charge in [0, 0.05) is 0 Å². The van der Waals surface area contributed by atoms with E-state index in [0.717, 1.165) is 12.4 Å². The SMILES string of the molecule is C=Nc1ncc(OC(F)(F)F)cn1. The predicted octanol–water partition coefficient (Wildman–Crippen LogP) is 1.71. The fourth-order valence-corrected chi connectivity index (χ4v) is 0.577. The molecule has 13 heavy (non-hydrogen) atoms. The Labute approximate surface area is 71.1 Å². The van der Waals surface area contributed by atoms with Crippen molar-refractivity contribution in [3.8, 4) is 5.75 Å². The zero-order valence-corrected chi connectivity index (χ0v) is 6.25. The van der Waals surface area contributed by atoms with Crippen LogP contribution in [-0.4, -0.2) is 23.0 Å². The summed E-state index contributed by atoms with van der Waals surface area (Å²) in [7, 11) is 0. The van der Waals surface area contributed by atoms with Crippen molar-refractivity contribution in [3.05, 3.63) is 12.4 Å². The van der Waals surface area contributed by atoms with Crippen LogP contribution in [-0.2, 0) is 0 Å². The Kier molecular flexibility index (Phi) is 2.45. The Morgan fingerprint density at radius 2 is 1.85 bits per heavy atom. The molecule has 0 radical (unpaired) electrons. The third kappa shape index (κ3) is 3.06. The molecule has 0 spiro atoms. The number of rotatable bonds is 2. The minimum atomic E-state index is -4.73. The first-order chi connectivity index (χ1) is 6.01. The molecule has 7 heteroatoms. The largest absolute Gasteiger partial charge is 0.573 e. The van der Waals surface area contributed by atoms with E-state index < -0.39 is 12.1 Å². The molecule has 0 aromatic carbocycles. The van der Waals surface area contributed by atoms with E-state index in [1.807, 2.05) is 0 Å². The van der Waals surface area contributed by atoms with Gasteiger partial charge in [-0.1, -0.05) is 0 Å². The molecular weight excluding hydrogens is 187 g/mol. The second-order valence-corrected chi connectivity index (χ2v) is 1.92. The lowest BCUT2D eigenvalue weighted by atomic mass is 10.6. The van der Waals surface area contributed by atoms with E-state index in [-0.39, 0.29) is 5.95 Å². The molecule has 0 saturated carbocycles. The van der Waals surface area contributed by atoms with Crippen LogP contribution < -0.4 is 4.74 Å². The van der Waals surface area contributed by atoms with Gasteiger partial charge in [0.05, 0.1) is 12.4 Å². The summed E-state index contributed by atoms with van der Waals surface area (Å²) in [6, 6.07) is 0. The van der Waals surface area contributed by atoms with Crippen LogP contribution in [0.5, 0.6) is 5.75 Å². The van der Waals surface area contributed by atoms with Gasteiger partial charge in [0.1, 0.15) is 0 Å². The first-order valence-corrected chi connectivity index (χ1v) is 3.06. The van der Waals surface area contributed by atoms with Crippen molar-refractivity contribution >= 4 is 12.7 Å². The fraction of sp³-hybridized carbons (Fsp3) is 0.167. The molecule has 1 heterocycles. The quantitative estimate of drug-likeness (QED) is 0.668. The molecule has 1 rings (SSSR count). The number of aromatic nitrogens is 2. The summed E-state index contributed by atoms with van der Waals surface area (Å²) in [5.74, 6) is -0.491. The van der Waals surface area contributed by atoms with Crippen molar-refractivity contribution in [1.29, 1.82) is 0 Å². The minimum absolute atomic E-state index is 0.00507. The molecule has 70 valence electrons. The Morgan fingerprint density at radius 3 is 2.23 bits per heavy atom. The standard InChI is InChI=1S/C6H4F3N3O/c1-10-5-11-2-4(3-12-5)13-6(7,8)9/h2-3H,1H2. The molecular formula is C6H4F3N3O. The average molecular weight is 191 g/mol. The van der Waals surface area contributed by atoms with Crippen LogP contribution in [0.15, 0.2) is 17.4 Å². The second-order valence-electron chi connectivity index (χ2n) is 1.92. The Balaban J connectivity index is 2.75. The van der Waals surface area contributed by atoms with Crippen molar-refractivity contribution < 1.29 is 17.9 Å². The van der Waals surface area contributed by atoms with E-state index in [1.54, 1.807) is 0 Å². The number of hydrogen-bond donors (Lipinski definition) is 0. The van der Waals surface area contributed by atoms with Crippen LogP contribution in [0, 0.1) is 0 Å². The summed E-state index contributed by atoms with van der Waals surface area (Å²) in [6.45, 7) is 3.10. The van der Waals surface area contributed by atoms with Gasteiger partial charge < -0.3 is 4.74 Å². The Morgan fingerprint density at radius 1 is 1.31 bits per heavy atom. The zero-order valence-electron chi connectivity index (χ0n) is 6.25. The topological polar surface area (TPSA) is 47.4 Å². The molecule has 4 nitrogen and oxygen atoms in total. The molecule has 0 atom stereocenters. The van der Waals surface area contributed by atoms with Gasteiger partial charge in [0.15, 0.2) is 5.75 Å². The normalized spacial score (nSPS) is 11.0. The molecule has 0 saturated heterocycles. The van der Waals surface area contributed by atoms with Crippen LogP contribution in [0.25, 0.3) is 0 Å². The van der Waals surface area contributed by atoms with Crippen molar-refractivity contribution in [1.82, 2.24) is 9.97 Å². The lowest BCUT2D eigenvalue weighted by Crippen LogP contribution is -2.17. The number of halogens is 3. The zero-order chi connectivity index (χ0) is 9.90. The number of hydrogen-bond acceptors (Lipinski definition) is 4. The summed E-state index contributed by atoms with van der Waals surface area (Å²) >= 11 is 0. The van der Waals surface area contributed by atoms with Gasteiger partial charge >= 0.3 is 6.36 Å². The summed E-state index contributed by atoms with van der Waals surface area (Å²) in [4.78, 5) is 10.1. The van der Waals surface area contributed by atoms with Gasteiger partial charge in [-0.3, -0.25) is 0 Å². The monoisotopic (exact) mass is 191 g/mol. The van der Waals surface area contributed by atoms with E-state index in [2.05, 4.69) is 26.4 Å². The van der Waals surface area contributed by atoms with E-state index in [1.165, 1.54) is 0 Å². The van der Waals surface area contributed by atoms with Crippen molar-refractivity contribution in [2.24, 2.45) is 4.99 Å². The molecule has 0 aliphatic rings. The molecule has 0 aliphatic heterocycles. The lowest BCUT2D eigenvalue weighted by molar-refractivity contribution is -0.274. The van der Waals surface area contributed by atoms with Crippen LogP contribution >= 0.6 is 0 Å². The highest BCUT2D eigenvalue weighted by Gasteiger charge is 2.31. The molecule has 1 aromatic rings. The summed E-state index contributed by atoms with van der Waals surface area (Å²) in [6.07, 6.45) is -3.00. The first kappa shape index (κ1) is 9.43. The van der Waals surface area contributed by atoms with Crippen LogP contribution in [0.4, 0.5) is 19.1 Å². The molecule has 0 N–H and O–H groups in total. The van der Waals surface area contributed by atoms with Gasteiger partial charge in [-0.15, -0.1) is 13.2 Å². The number of nitrogens with zero attached hydrogens (tertiary/aromatic N) is 3. The summed E-state index contributed by atoms with van der Waals surface area (Å²) in [5, 5.41) is 0. The predicted molar refractivity (Wildman–Crippen MR) is 37.9 cm³/mol. The van der Waals surface area contributed by atoms with E-state index in [0.29, 0.717) is 0 Å². The third-order valence-corrected chi connectivity index (χ3v) is 0.990. The van der Waals surface area contributed by atoms with Gasteiger partial charge in [0.25, 0.3) is 0 Å². The van der Waals surface area contributed by atoms with E-state index in [9.17, 15) is 13.2 Å². The molecule has 0 unspecified atom stereocenters. The highest BCUT2D eigenvalue weighted by molar-refractivity contribution is 5.34. The highest BCUT2D eigenvalue weighted by atomic mass is 19.4. The summed E-state index contributed by atoms with van der Waals surface area (Å²) < 4.78 is 38.3. The molecule has 0 aliphatic carbocycles. The van der Waals surface area contributed by atoms with Crippen LogP contribution in [0.1, 0.15) is 0 Å². The first-order valence-electron chi connectivity index (χ1n) is 3.06. The number of aliphatic imine (C=N–C) groups is 1. The maximum Gasteiger partial charge on any atom is 0.573 e. The lowest BCUT2D eigenvalue weighted by Gasteiger charge is -2.06. The second kappa shape index (κ2) is 3.38. The average Bonchev–Trinajstić information content (AvgIpc) is 2.03. The highest BCUT2D eigenvalue weighted by Crippen LogP contribution is 2.21. The number of alkyl halides is 3. The fourth-order valence-electron chi connectivity index (χ4n) is 0.577.